The maximum Gasteiger partial charge on any atom is 0.140 e. The standard InChI is InChI=1S/C12H14BrNO/c13-10-7-8(5-6-11(10)14)9-3-1-2-4-12(9)15/h5-7,9H,1-4,14H2. The number of hydrogen-bond acceptors (Lipinski definition) is 2. The predicted molar refractivity (Wildman–Crippen MR) is 64.8 cm³/mol. The molecule has 0 amide bonds. The Morgan fingerprint density at radius 2 is 2.13 bits per heavy atom. The van der Waals surface area contributed by atoms with Gasteiger partial charge in [0.15, 0.2) is 0 Å². The molecule has 2 nitrogen and oxygen atoms in total. The minimum Gasteiger partial charge on any atom is -0.398 e. The van der Waals surface area contributed by atoms with Gasteiger partial charge in [-0.15, -0.1) is 0 Å². The Hall–Kier alpha value is -0.830. The highest BCUT2D eigenvalue weighted by Gasteiger charge is 2.23. The minimum absolute atomic E-state index is 0.0932. The molecule has 1 aromatic rings. The van der Waals surface area contributed by atoms with E-state index in [1.807, 2.05) is 18.2 Å². The van der Waals surface area contributed by atoms with Crippen molar-refractivity contribution in [3.63, 3.8) is 0 Å². The maximum absolute atomic E-state index is 11.7. The van der Waals surface area contributed by atoms with Crippen molar-refractivity contribution >= 4 is 27.4 Å². The zero-order valence-electron chi connectivity index (χ0n) is 8.50. The number of ketones is 1. The van der Waals surface area contributed by atoms with Crippen molar-refractivity contribution in [3.8, 4) is 0 Å². The maximum atomic E-state index is 11.7. The van der Waals surface area contributed by atoms with Gasteiger partial charge in [-0.2, -0.15) is 0 Å². The van der Waals surface area contributed by atoms with Crippen molar-refractivity contribution in [1.29, 1.82) is 0 Å². The molecule has 15 heavy (non-hydrogen) atoms. The fourth-order valence-electron chi connectivity index (χ4n) is 2.10. The molecule has 2 rings (SSSR count). The molecule has 2 N–H and O–H groups in total. The molecule has 0 aromatic heterocycles. The summed E-state index contributed by atoms with van der Waals surface area (Å²) < 4.78 is 0.887. The molecule has 1 fully saturated rings. The lowest BCUT2D eigenvalue weighted by Gasteiger charge is -2.21. The van der Waals surface area contributed by atoms with Crippen molar-refractivity contribution < 1.29 is 4.79 Å². The highest BCUT2D eigenvalue weighted by atomic mass is 79.9. The Kier molecular flexibility index (Phi) is 3.10. The minimum atomic E-state index is 0.0932. The number of carbonyl (C=O) groups excluding carboxylic acids is 1. The van der Waals surface area contributed by atoms with Crippen LogP contribution in [-0.4, -0.2) is 5.78 Å². The fourth-order valence-corrected chi connectivity index (χ4v) is 2.49. The van der Waals surface area contributed by atoms with Crippen LogP contribution in [0.3, 0.4) is 0 Å². The van der Waals surface area contributed by atoms with Gasteiger partial charge in [0.1, 0.15) is 5.78 Å². The molecular formula is C12H14BrNO. The topological polar surface area (TPSA) is 43.1 Å². The molecule has 0 spiro atoms. The zero-order chi connectivity index (χ0) is 10.8. The second-order valence-electron chi connectivity index (χ2n) is 4.05. The van der Waals surface area contributed by atoms with E-state index >= 15 is 0 Å². The summed E-state index contributed by atoms with van der Waals surface area (Å²) in [6, 6.07) is 5.80. The lowest BCUT2D eigenvalue weighted by Crippen LogP contribution is -2.16. The first-order valence-electron chi connectivity index (χ1n) is 5.26. The van der Waals surface area contributed by atoms with Gasteiger partial charge < -0.3 is 5.73 Å². The largest absolute Gasteiger partial charge is 0.398 e. The smallest absolute Gasteiger partial charge is 0.140 e. The molecule has 0 radical (unpaired) electrons. The van der Waals surface area contributed by atoms with E-state index in [1.165, 1.54) is 0 Å². The summed E-state index contributed by atoms with van der Waals surface area (Å²) in [4.78, 5) is 11.7. The van der Waals surface area contributed by atoms with E-state index < -0.39 is 0 Å². The first kappa shape index (κ1) is 10.7. The Morgan fingerprint density at radius 1 is 1.33 bits per heavy atom. The summed E-state index contributed by atoms with van der Waals surface area (Å²) >= 11 is 3.40. The van der Waals surface area contributed by atoms with Crippen LogP contribution in [0.4, 0.5) is 5.69 Å². The number of hydrogen-bond donors (Lipinski definition) is 1. The number of anilines is 1. The van der Waals surface area contributed by atoms with Crippen molar-refractivity contribution in [2.24, 2.45) is 0 Å². The van der Waals surface area contributed by atoms with E-state index in [2.05, 4.69) is 15.9 Å². The quantitative estimate of drug-likeness (QED) is 0.794. The zero-order valence-corrected chi connectivity index (χ0v) is 10.1. The first-order valence-corrected chi connectivity index (χ1v) is 6.05. The Morgan fingerprint density at radius 3 is 2.80 bits per heavy atom. The van der Waals surface area contributed by atoms with Gasteiger partial charge in [0.05, 0.1) is 0 Å². The summed E-state index contributed by atoms with van der Waals surface area (Å²) in [5.41, 5.74) is 7.54. The molecule has 1 aromatic carbocycles. The van der Waals surface area contributed by atoms with Gasteiger partial charge in [0.2, 0.25) is 0 Å². The van der Waals surface area contributed by atoms with Crippen LogP contribution in [0, 0.1) is 0 Å². The number of carbonyl (C=O) groups is 1. The van der Waals surface area contributed by atoms with E-state index in [1.54, 1.807) is 0 Å². The van der Waals surface area contributed by atoms with Gasteiger partial charge >= 0.3 is 0 Å². The second-order valence-corrected chi connectivity index (χ2v) is 4.90. The highest BCUT2D eigenvalue weighted by Crippen LogP contribution is 2.32. The molecular weight excluding hydrogens is 254 g/mol. The molecule has 1 aliphatic carbocycles. The van der Waals surface area contributed by atoms with E-state index in [4.69, 9.17) is 5.73 Å². The summed E-state index contributed by atoms with van der Waals surface area (Å²) in [6.07, 6.45) is 3.91. The molecule has 1 aliphatic rings. The normalized spacial score (nSPS) is 21.7. The molecule has 0 saturated heterocycles. The van der Waals surface area contributed by atoms with Gasteiger partial charge in [0.25, 0.3) is 0 Å². The SMILES string of the molecule is Nc1ccc(C2CCCCC2=O)cc1Br. The van der Waals surface area contributed by atoms with Crippen LogP contribution in [0.15, 0.2) is 22.7 Å². The summed E-state index contributed by atoms with van der Waals surface area (Å²) in [5.74, 6) is 0.466. The first-order chi connectivity index (χ1) is 7.18. The van der Waals surface area contributed by atoms with Crippen LogP contribution < -0.4 is 5.73 Å². The Labute approximate surface area is 98.0 Å². The van der Waals surface area contributed by atoms with Gasteiger partial charge in [-0.3, -0.25) is 4.79 Å². The number of halogens is 1. The summed E-state index contributed by atoms with van der Waals surface area (Å²) in [5, 5.41) is 0. The van der Waals surface area contributed by atoms with Crippen molar-refractivity contribution in [2.75, 3.05) is 5.73 Å². The molecule has 0 heterocycles. The number of rotatable bonds is 1. The average Bonchev–Trinajstić information content (AvgIpc) is 2.23. The number of Topliss-reactive ketones (excluding diaryl/α,β-unsaturated/α-hetero) is 1. The third-order valence-electron chi connectivity index (χ3n) is 2.98. The van der Waals surface area contributed by atoms with E-state index in [0.717, 1.165) is 41.4 Å². The Bertz CT molecular complexity index is 389. The Balaban J connectivity index is 2.28. The van der Waals surface area contributed by atoms with E-state index in [0.29, 0.717) is 5.78 Å². The number of nitrogen functional groups attached to an aromatic ring is 1. The van der Waals surface area contributed by atoms with Crippen LogP contribution in [0.1, 0.15) is 37.2 Å². The van der Waals surface area contributed by atoms with Crippen LogP contribution in [0.25, 0.3) is 0 Å². The second kappa shape index (κ2) is 4.35. The van der Waals surface area contributed by atoms with Crippen molar-refractivity contribution in [3.05, 3.63) is 28.2 Å². The van der Waals surface area contributed by atoms with Gasteiger partial charge in [-0.05, 0) is 46.5 Å². The number of benzene rings is 1. The van der Waals surface area contributed by atoms with Crippen molar-refractivity contribution in [2.45, 2.75) is 31.6 Å². The predicted octanol–water partition coefficient (Wildman–Crippen LogP) is 3.26. The summed E-state index contributed by atoms with van der Waals surface area (Å²) in [7, 11) is 0. The molecule has 0 aliphatic heterocycles. The van der Waals surface area contributed by atoms with Gasteiger partial charge in [0, 0.05) is 22.5 Å². The highest BCUT2D eigenvalue weighted by molar-refractivity contribution is 9.10. The van der Waals surface area contributed by atoms with E-state index in [9.17, 15) is 4.79 Å². The average molecular weight is 268 g/mol. The molecule has 1 atom stereocenters. The van der Waals surface area contributed by atoms with Gasteiger partial charge in [-0.1, -0.05) is 12.5 Å². The molecule has 3 heteroatoms. The van der Waals surface area contributed by atoms with Crippen LogP contribution in [-0.2, 0) is 4.79 Å². The summed E-state index contributed by atoms with van der Waals surface area (Å²) in [6.45, 7) is 0. The van der Waals surface area contributed by atoms with Gasteiger partial charge in [-0.25, -0.2) is 0 Å². The monoisotopic (exact) mass is 267 g/mol. The van der Waals surface area contributed by atoms with Crippen molar-refractivity contribution in [1.82, 2.24) is 0 Å². The lowest BCUT2D eigenvalue weighted by molar-refractivity contribution is -0.121. The molecule has 1 unspecified atom stereocenters. The third kappa shape index (κ3) is 2.23. The van der Waals surface area contributed by atoms with Crippen LogP contribution in [0.2, 0.25) is 0 Å². The third-order valence-corrected chi connectivity index (χ3v) is 3.67. The lowest BCUT2D eigenvalue weighted by atomic mass is 9.83. The van der Waals surface area contributed by atoms with E-state index in [-0.39, 0.29) is 5.92 Å². The molecule has 0 bridgehead atoms. The number of nitrogens with two attached hydrogens (primary N) is 1. The molecule has 80 valence electrons. The molecule has 1 saturated carbocycles. The fraction of sp³-hybridized carbons (Fsp3) is 0.417. The van der Waals surface area contributed by atoms with Crippen LogP contribution in [0.5, 0.6) is 0 Å². The van der Waals surface area contributed by atoms with Crippen LogP contribution >= 0.6 is 15.9 Å².